The standard InChI is InChI=1S/C25H27BrFN3O/c1-4-30-14-22(16(3)29-30)20-10-17(13-26)11-21(12-20)25(31)28-24(18-5-6-18)19-7-8-23(27)15(2)9-19/h7-12,14,18,24H,4-6,13H2,1-3H3,(H,28,31)/t24-/m0/s1. The lowest BCUT2D eigenvalue weighted by Crippen LogP contribution is -2.30. The van der Waals surface area contributed by atoms with Crippen molar-refractivity contribution in [2.24, 2.45) is 5.92 Å². The number of alkyl halides is 1. The molecule has 4 nitrogen and oxygen atoms in total. The molecule has 1 aliphatic rings. The third kappa shape index (κ3) is 4.74. The second kappa shape index (κ2) is 8.95. The Bertz CT molecular complexity index is 1120. The third-order valence-electron chi connectivity index (χ3n) is 5.91. The van der Waals surface area contributed by atoms with Gasteiger partial charge in [0.2, 0.25) is 0 Å². The van der Waals surface area contributed by atoms with Gasteiger partial charge < -0.3 is 5.32 Å². The molecule has 1 aliphatic carbocycles. The molecule has 1 amide bonds. The minimum Gasteiger partial charge on any atom is -0.345 e. The van der Waals surface area contributed by atoms with E-state index < -0.39 is 0 Å². The molecule has 1 heterocycles. The molecule has 4 rings (SSSR count). The number of carbonyl (C=O) groups excluding carboxylic acids is 1. The summed E-state index contributed by atoms with van der Waals surface area (Å²) in [5.74, 6) is 0.0726. The number of nitrogens with one attached hydrogen (secondary N) is 1. The Morgan fingerprint density at radius 1 is 1.26 bits per heavy atom. The van der Waals surface area contributed by atoms with Gasteiger partial charge in [-0.3, -0.25) is 9.48 Å². The predicted octanol–water partition coefficient (Wildman–Crippen LogP) is 6.10. The first-order valence-electron chi connectivity index (χ1n) is 10.7. The highest BCUT2D eigenvalue weighted by Crippen LogP contribution is 2.41. The van der Waals surface area contributed by atoms with Crippen LogP contribution in [-0.2, 0) is 11.9 Å². The zero-order chi connectivity index (χ0) is 22.1. The van der Waals surface area contributed by atoms with Crippen LogP contribution in [0, 0.1) is 25.6 Å². The second-order valence-electron chi connectivity index (χ2n) is 8.33. The van der Waals surface area contributed by atoms with Crippen LogP contribution in [0.25, 0.3) is 11.1 Å². The van der Waals surface area contributed by atoms with E-state index in [1.54, 1.807) is 13.0 Å². The largest absolute Gasteiger partial charge is 0.345 e. The van der Waals surface area contributed by atoms with Crippen LogP contribution in [0.5, 0.6) is 0 Å². The fourth-order valence-corrected chi connectivity index (χ4v) is 4.33. The number of nitrogens with zero attached hydrogens (tertiary/aromatic N) is 2. The Kier molecular flexibility index (Phi) is 6.28. The number of hydrogen-bond acceptors (Lipinski definition) is 2. The van der Waals surface area contributed by atoms with Crippen LogP contribution in [0.1, 0.15) is 58.5 Å². The molecule has 6 heteroatoms. The summed E-state index contributed by atoms with van der Waals surface area (Å²) in [6, 6.07) is 11.0. The highest BCUT2D eigenvalue weighted by Gasteiger charge is 2.34. The highest BCUT2D eigenvalue weighted by molar-refractivity contribution is 9.08. The summed E-state index contributed by atoms with van der Waals surface area (Å²) < 4.78 is 15.7. The van der Waals surface area contributed by atoms with E-state index in [9.17, 15) is 9.18 Å². The first kappa shape index (κ1) is 21.8. The topological polar surface area (TPSA) is 46.9 Å². The molecule has 1 N–H and O–H groups in total. The normalized spacial score (nSPS) is 14.5. The van der Waals surface area contributed by atoms with Crippen LogP contribution in [0.2, 0.25) is 0 Å². The Labute approximate surface area is 191 Å². The van der Waals surface area contributed by atoms with Gasteiger partial charge in [0, 0.05) is 29.2 Å². The van der Waals surface area contributed by atoms with E-state index in [4.69, 9.17) is 0 Å². The van der Waals surface area contributed by atoms with Gasteiger partial charge in [-0.05, 0) is 80.0 Å². The number of hydrogen-bond donors (Lipinski definition) is 1. The van der Waals surface area contributed by atoms with Gasteiger partial charge in [0.25, 0.3) is 5.91 Å². The molecule has 3 aromatic rings. The van der Waals surface area contributed by atoms with Crippen molar-refractivity contribution in [3.63, 3.8) is 0 Å². The number of benzene rings is 2. The van der Waals surface area contributed by atoms with Crippen molar-refractivity contribution in [1.29, 1.82) is 0 Å². The molecular weight excluding hydrogens is 457 g/mol. The van der Waals surface area contributed by atoms with Crippen LogP contribution in [0.4, 0.5) is 4.39 Å². The lowest BCUT2D eigenvalue weighted by atomic mass is 9.98. The number of carbonyl (C=O) groups is 1. The molecule has 1 fully saturated rings. The van der Waals surface area contributed by atoms with Gasteiger partial charge in [-0.2, -0.15) is 5.10 Å². The van der Waals surface area contributed by atoms with Crippen LogP contribution in [0.15, 0.2) is 42.6 Å². The first-order chi connectivity index (χ1) is 14.9. The molecule has 0 radical (unpaired) electrons. The Morgan fingerprint density at radius 3 is 2.65 bits per heavy atom. The smallest absolute Gasteiger partial charge is 0.251 e. The summed E-state index contributed by atoms with van der Waals surface area (Å²) in [5, 5.41) is 8.42. The van der Waals surface area contributed by atoms with Gasteiger partial charge in [0.05, 0.1) is 11.7 Å². The molecule has 0 spiro atoms. The third-order valence-corrected chi connectivity index (χ3v) is 6.56. The monoisotopic (exact) mass is 483 g/mol. The number of halogens is 2. The van der Waals surface area contributed by atoms with Gasteiger partial charge in [-0.15, -0.1) is 0 Å². The summed E-state index contributed by atoms with van der Waals surface area (Å²) in [6.07, 6.45) is 4.17. The van der Waals surface area contributed by atoms with E-state index >= 15 is 0 Å². The van der Waals surface area contributed by atoms with Gasteiger partial charge in [0.1, 0.15) is 5.82 Å². The molecule has 0 bridgehead atoms. The van der Waals surface area contributed by atoms with Gasteiger partial charge in [0.15, 0.2) is 0 Å². The van der Waals surface area contributed by atoms with Crippen molar-refractivity contribution < 1.29 is 9.18 Å². The number of aryl methyl sites for hydroxylation is 3. The quantitative estimate of drug-likeness (QED) is 0.412. The van der Waals surface area contributed by atoms with Crippen LogP contribution < -0.4 is 5.32 Å². The van der Waals surface area contributed by atoms with Gasteiger partial charge in [-0.25, -0.2) is 4.39 Å². The molecule has 0 saturated heterocycles. The van der Waals surface area contributed by atoms with E-state index in [2.05, 4.69) is 39.3 Å². The van der Waals surface area contributed by atoms with Crippen molar-refractivity contribution in [2.45, 2.75) is 51.5 Å². The molecule has 1 aromatic heterocycles. The molecule has 0 unspecified atom stereocenters. The lowest BCUT2D eigenvalue weighted by molar-refractivity contribution is 0.0931. The molecule has 31 heavy (non-hydrogen) atoms. The summed E-state index contributed by atoms with van der Waals surface area (Å²) in [6.45, 7) is 6.60. The van der Waals surface area contributed by atoms with Crippen molar-refractivity contribution in [3.05, 3.63) is 76.4 Å². The van der Waals surface area contributed by atoms with E-state index in [1.165, 1.54) is 6.07 Å². The molecule has 162 valence electrons. The van der Waals surface area contributed by atoms with E-state index in [-0.39, 0.29) is 17.8 Å². The number of aromatic nitrogens is 2. The zero-order valence-electron chi connectivity index (χ0n) is 18.1. The van der Waals surface area contributed by atoms with Crippen LogP contribution in [-0.4, -0.2) is 15.7 Å². The fourth-order valence-electron chi connectivity index (χ4n) is 4.01. The molecule has 0 aliphatic heterocycles. The Morgan fingerprint density at radius 2 is 2.03 bits per heavy atom. The highest BCUT2D eigenvalue weighted by atomic mass is 79.9. The molecule has 2 aromatic carbocycles. The Hall–Kier alpha value is -2.47. The average Bonchev–Trinajstić information content (AvgIpc) is 3.54. The summed E-state index contributed by atoms with van der Waals surface area (Å²) in [4.78, 5) is 13.3. The number of rotatable bonds is 7. The summed E-state index contributed by atoms with van der Waals surface area (Å²) >= 11 is 3.53. The molecule has 1 saturated carbocycles. The van der Waals surface area contributed by atoms with Crippen molar-refractivity contribution >= 4 is 21.8 Å². The van der Waals surface area contributed by atoms with Crippen molar-refractivity contribution in [1.82, 2.24) is 15.1 Å². The maximum Gasteiger partial charge on any atom is 0.251 e. The van der Waals surface area contributed by atoms with Crippen molar-refractivity contribution in [2.75, 3.05) is 0 Å². The zero-order valence-corrected chi connectivity index (χ0v) is 19.7. The van der Waals surface area contributed by atoms with Gasteiger partial charge in [-0.1, -0.05) is 34.1 Å². The number of amides is 1. The lowest BCUT2D eigenvalue weighted by Gasteiger charge is -2.20. The van der Waals surface area contributed by atoms with Crippen LogP contribution in [0.3, 0.4) is 0 Å². The fraction of sp³-hybridized carbons (Fsp3) is 0.360. The predicted molar refractivity (Wildman–Crippen MR) is 125 cm³/mol. The minimum absolute atomic E-state index is 0.104. The Balaban J connectivity index is 1.65. The van der Waals surface area contributed by atoms with Crippen molar-refractivity contribution in [3.8, 4) is 11.1 Å². The minimum atomic E-state index is -0.220. The SMILES string of the molecule is CCn1cc(-c2cc(CBr)cc(C(=O)N[C@H](c3ccc(F)c(C)c3)C3CC3)c2)c(C)n1. The van der Waals surface area contributed by atoms with Crippen LogP contribution >= 0.6 is 15.9 Å². The average molecular weight is 484 g/mol. The molecular formula is C25H27BrFN3O. The summed E-state index contributed by atoms with van der Waals surface area (Å²) in [5.41, 5.74) is 6.19. The van der Waals surface area contributed by atoms with E-state index in [1.807, 2.05) is 36.0 Å². The first-order valence-corrected chi connectivity index (χ1v) is 11.8. The maximum atomic E-state index is 13.8. The molecule has 1 atom stereocenters. The second-order valence-corrected chi connectivity index (χ2v) is 8.89. The van der Waals surface area contributed by atoms with E-state index in [0.29, 0.717) is 22.4 Å². The summed E-state index contributed by atoms with van der Waals surface area (Å²) in [7, 11) is 0. The van der Waals surface area contributed by atoms with E-state index in [0.717, 1.165) is 47.3 Å². The van der Waals surface area contributed by atoms with Gasteiger partial charge >= 0.3 is 0 Å². The maximum absolute atomic E-state index is 13.8.